The van der Waals surface area contributed by atoms with Gasteiger partial charge < -0.3 is 15.3 Å². The highest BCUT2D eigenvalue weighted by Crippen LogP contribution is 2.44. The third-order valence-electron chi connectivity index (χ3n) is 10.3. The number of rotatable bonds is 7. The topological polar surface area (TPSA) is 102 Å². The minimum absolute atomic E-state index is 0. The number of piperidine rings is 1. The number of aromatic amines is 1. The lowest BCUT2D eigenvalue weighted by molar-refractivity contribution is -0.166. The number of aryl methyl sites for hydroxylation is 2. The average Bonchev–Trinajstić information content (AvgIpc) is 3.28. The van der Waals surface area contributed by atoms with Gasteiger partial charge in [-0.25, -0.2) is 0 Å². The molecule has 2 aliphatic carbocycles. The molecule has 3 N–H and O–H groups in total. The third kappa shape index (κ3) is 5.76. The Bertz CT molecular complexity index is 960. The minimum Gasteiger partial charge on any atom is -0.390 e. The Labute approximate surface area is 240 Å². The van der Waals surface area contributed by atoms with Gasteiger partial charge in [-0.1, -0.05) is 45.4 Å². The van der Waals surface area contributed by atoms with Crippen LogP contribution in [0.15, 0.2) is 0 Å². The predicted octanol–water partition coefficient (Wildman–Crippen LogP) is 4.58. The van der Waals surface area contributed by atoms with Crippen LogP contribution < -0.4 is 5.32 Å². The number of nitrogens with one attached hydrogen (secondary N) is 2. The van der Waals surface area contributed by atoms with Crippen molar-refractivity contribution in [3.8, 4) is 0 Å². The van der Waals surface area contributed by atoms with Crippen LogP contribution in [0.3, 0.4) is 0 Å². The number of carbonyl (C=O) groups is 2. The molecule has 5 rings (SSSR count). The van der Waals surface area contributed by atoms with Gasteiger partial charge in [0, 0.05) is 36.9 Å². The highest BCUT2D eigenvalue weighted by molar-refractivity contribution is 6.00. The number of nitrogens with zero attached hydrogens (tertiary/aromatic N) is 3. The van der Waals surface area contributed by atoms with E-state index in [-0.39, 0.29) is 30.1 Å². The quantitative estimate of drug-likeness (QED) is 0.450. The van der Waals surface area contributed by atoms with Gasteiger partial charge in [-0.3, -0.25) is 19.6 Å². The van der Waals surface area contributed by atoms with Crippen molar-refractivity contribution in [3.05, 3.63) is 17.0 Å². The second kappa shape index (κ2) is 12.9. The normalized spacial score (nSPS) is 26.8. The first-order valence-corrected chi connectivity index (χ1v) is 15.4. The average molecular weight is 564 g/mol. The summed E-state index contributed by atoms with van der Waals surface area (Å²) in [5.74, 6) is 0.546. The van der Waals surface area contributed by atoms with E-state index in [1.54, 1.807) is 0 Å². The fraction of sp³-hybridized carbons (Fsp3) is 0.833. The Kier molecular flexibility index (Phi) is 10.0. The molecule has 39 heavy (non-hydrogen) atoms. The molecule has 4 fully saturated rings. The number of piperazine rings is 1. The molecule has 1 aromatic rings. The molecule has 0 aromatic carbocycles. The highest BCUT2D eigenvalue weighted by atomic mass is 35.5. The highest BCUT2D eigenvalue weighted by Gasteiger charge is 2.56. The number of aliphatic hydroxyl groups is 1. The summed E-state index contributed by atoms with van der Waals surface area (Å²) in [7, 11) is 0. The molecule has 3 heterocycles. The van der Waals surface area contributed by atoms with Crippen LogP contribution in [0.2, 0.25) is 0 Å². The Morgan fingerprint density at radius 3 is 2.10 bits per heavy atom. The molecule has 220 valence electrons. The molecule has 4 aliphatic rings. The van der Waals surface area contributed by atoms with Gasteiger partial charge in [0.05, 0.1) is 11.8 Å². The number of aromatic nitrogens is 2. The van der Waals surface area contributed by atoms with E-state index in [4.69, 9.17) is 0 Å². The Hall–Kier alpha value is -1.64. The molecular formula is C30H50ClN5O3. The van der Waals surface area contributed by atoms with E-state index in [0.717, 1.165) is 56.6 Å². The summed E-state index contributed by atoms with van der Waals surface area (Å²) >= 11 is 0. The number of hydrogen-bond donors (Lipinski definition) is 3. The standard InChI is InChI=1S/C30H49N5O3.ClH/c1-4-17-35-28(37)25(27(36)23-13-9-6-10-14-23)31-29(38)30(35)15-18-34(19-16-30)26(22-11-7-5-8-12-22)24-20(2)32-33-21(24)3;/h22-23,25-27,36H,4-19H2,1-3H3,(H,31,38)(H,32,33);1H/t25-,26?,27-;/m1./s1. The van der Waals surface area contributed by atoms with Gasteiger partial charge >= 0.3 is 0 Å². The van der Waals surface area contributed by atoms with E-state index < -0.39 is 17.7 Å². The molecule has 1 unspecified atom stereocenters. The van der Waals surface area contributed by atoms with Gasteiger partial charge in [-0.2, -0.15) is 5.10 Å². The van der Waals surface area contributed by atoms with Crippen molar-refractivity contribution < 1.29 is 14.7 Å². The molecule has 9 heteroatoms. The van der Waals surface area contributed by atoms with Gasteiger partial charge in [-0.05, 0) is 70.6 Å². The fourth-order valence-corrected chi connectivity index (χ4v) is 8.20. The van der Waals surface area contributed by atoms with Gasteiger partial charge in [0.2, 0.25) is 11.8 Å². The van der Waals surface area contributed by atoms with Gasteiger partial charge in [0.15, 0.2) is 0 Å². The van der Waals surface area contributed by atoms with Crippen LogP contribution in [-0.2, 0) is 9.59 Å². The van der Waals surface area contributed by atoms with Gasteiger partial charge in [0.25, 0.3) is 0 Å². The maximum absolute atomic E-state index is 13.9. The lowest BCUT2D eigenvalue weighted by Crippen LogP contribution is -2.75. The van der Waals surface area contributed by atoms with Crippen molar-refractivity contribution in [2.75, 3.05) is 19.6 Å². The molecule has 1 aromatic heterocycles. The second-order valence-corrected chi connectivity index (χ2v) is 12.6. The first-order valence-electron chi connectivity index (χ1n) is 15.4. The molecule has 3 atom stereocenters. The number of aliphatic hydroxyl groups excluding tert-OH is 1. The number of hydrogen-bond acceptors (Lipinski definition) is 5. The molecule has 0 radical (unpaired) electrons. The van der Waals surface area contributed by atoms with Crippen LogP contribution in [0.4, 0.5) is 0 Å². The van der Waals surface area contributed by atoms with Crippen LogP contribution in [0, 0.1) is 25.7 Å². The van der Waals surface area contributed by atoms with E-state index in [1.165, 1.54) is 44.1 Å². The maximum Gasteiger partial charge on any atom is 0.248 e. The second-order valence-electron chi connectivity index (χ2n) is 12.6. The molecule has 0 bridgehead atoms. The van der Waals surface area contributed by atoms with Crippen LogP contribution in [-0.4, -0.2) is 74.2 Å². The molecular weight excluding hydrogens is 514 g/mol. The number of likely N-dealkylation sites (tertiary alicyclic amines) is 1. The predicted molar refractivity (Wildman–Crippen MR) is 155 cm³/mol. The molecule has 2 saturated carbocycles. The van der Waals surface area contributed by atoms with Crippen molar-refractivity contribution >= 4 is 24.2 Å². The van der Waals surface area contributed by atoms with Crippen LogP contribution >= 0.6 is 12.4 Å². The summed E-state index contributed by atoms with van der Waals surface area (Å²) < 4.78 is 0. The van der Waals surface area contributed by atoms with Gasteiger partial charge in [0.1, 0.15) is 11.6 Å². The van der Waals surface area contributed by atoms with Crippen molar-refractivity contribution in [3.63, 3.8) is 0 Å². The first-order chi connectivity index (χ1) is 18.4. The largest absolute Gasteiger partial charge is 0.390 e. The molecule has 1 spiro atoms. The minimum atomic E-state index is -0.815. The molecule has 2 amide bonds. The maximum atomic E-state index is 13.9. The van der Waals surface area contributed by atoms with Crippen LogP contribution in [0.5, 0.6) is 0 Å². The Morgan fingerprint density at radius 2 is 1.56 bits per heavy atom. The van der Waals surface area contributed by atoms with E-state index in [2.05, 4.69) is 41.2 Å². The number of carbonyl (C=O) groups excluding carboxylic acids is 2. The van der Waals surface area contributed by atoms with Crippen molar-refractivity contribution in [1.82, 2.24) is 25.3 Å². The zero-order valence-corrected chi connectivity index (χ0v) is 25.0. The number of halogens is 1. The third-order valence-corrected chi connectivity index (χ3v) is 10.3. The lowest BCUT2D eigenvalue weighted by atomic mass is 9.75. The summed E-state index contributed by atoms with van der Waals surface area (Å²) in [6, 6.07) is -0.513. The van der Waals surface area contributed by atoms with E-state index in [0.29, 0.717) is 31.3 Å². The van der Waals surface area contributed by atoms with Crippen LogP contribution in [0.25, 0.3) is 0 Å². The van der Waals surface area contributed by atoms with E-state index >= 15 is 0 Å². The van der Waals surface area contributed by atoms with Crippen molar-refractivity contribution in [2.24, 2.45) is 11.8 Å². The first kappa shape index (κ1) is 30.3. The van der Waals surface area contributed by atoms with E-state index in [9.17, 15) is 14.7 Å². The van der Waals surface area contributed by atoms with Crippen molar-refractivity contribution in [1.29, 1.82) is 0 Å². The Morgan fingerprint density at radius 1 is 0.974 bits per heavy atom. The number of H-pyrrole nitrogens is 1. The summed E-state index contributed by atoms with van der Waals surface area (Å²) in [6.45, 7) is 8.42. The Balaban J connectivity index is 0.00000353. The lowest BCUT2D eigenvalue weighted by Gasteiger charge is -2.54. The summed E-state index contributed by atoms with van der Waals surface area (Å²) in [5.41, 5.74) is 2.74. The summed E-state index contributed by atoms with van der Waals surface area (Å²) in [4.78, 5) is 32.2. The zero-order chi connectivity index (χ0) is 26.9. The van der Waals surface area contributed by atoms with Crippen LogP contribution in [0.1, 0.15) is 113 Å². The zero-order valence-electron chi connectivity index (χ0n) is 24.2. The van der Waals surface area contributed by atoms with Gasteiger partial charge in [-0.15, -0.1) is 12.4 Å². The number of amides is 2. The molecule has 2 saturated heterocycles. The van der Waals surface area contributed by atoms with Crippen molar-refractivity contribution in [2.45, 2.75) is 128 Å². The summed E-state index contributed by atoms with van der Waals surface area (Å²) in [5, 5.41) is 22.0. The monoisotopic (exact) mass is 563 g/mol. The van der Waals surface area contributed by atoms with E-state index in [1.807, 2.05) is 4.90 Å². The molecule has 2 aliphatic heterocycles. The summed E-state index contributed by atoms with van der Waals surface area (Å²) in [6.07, 6.45) is 12.9. The fourth-order valence-electron chi connectivity index (χ4n) is 8.20. The smallest absolute Gasteiger partial charge is 0.248 e. The SMILES string of the molecule is CCCN1C(=O)[C@@H]([C@H](O)C2CCCCC2)NC(=O)C12CCN(C(c1c(C)n[nH]c1C)C1CCCCC1)CC2.Cl. The molecule has 8 nitrogen and oxygen atoms in total.